The number of rotatable bonds is 4. The van der Waals surface area contributed by atoms with E-state index in [0.717, 1.165) is 17.8 Å². The molecule has 3 aromatic heterocycles. The third-order valence-electron chi connectivity index (χ3n) is 6.48. The fraction of sp³-hybridized carbons (Fsp3) is 0.222. The van der Waals surface area contributed by atoms with E-state index in [2.05, 4.69) is 25.8 Å². The lowest BCUT2D eigenvalue weighted by Gasteiger charge is -2.32. The van der Waals surface area contributed by atoms with E-state index in [1.165, 1.54) is 6.07 Å². The van der Waals surface area contributed by atoms with Crippen LogP contribution in [0.3, 0.4) is 0 Å². The average Bonchev–Trinajstić information content (AvgIpc) is 2.95. The number of pyridine rings is 3. The van der Waals surface area contributed by atoms with Gasteiger partial charge in [-0.25, -0.2) is 9.97 Å². The number of amides is 2. The average molecular weight is 521 g/mol. The molecule has 0 unspecified atom stereocenters. The van der Waals surface area contributed by atoms with Gasteiger partial charge in [0.05, 0.1) is 22.3 Å². The van der Waals surface area contributed by atoms with Crippen molar-refractivity contribution in [3.8, 4) is 11.3 Å². The number of hydrogen-bond donors (Lipinski definition) is 2. The van der Waals surface area contributed by atoms with Gasteiger partial charge in [-0.3, -0.25) is 25.4 Å². The Morgan fingerprint density at radius 1 is 0.947 bits per heavy atom. The molecule has 1 aliphatic rings. The van der Waals surface area contributed by atoms with Crippen LogP contribution >= 0.6 is 0 Å². The minimum Gasteiger partial charge on any atom is -0.357 e. The summed E-state index contributed by atoms with van der Waals surface area (Å²) in [5, 5.41) is 0.643. The summed E-state index contributed by atoms with van der Waals surface area (Å²) in [5.74, 6) is -0.738. The second-order valence-electron chi connectivity index (χ2n) is 8.92. The number of aromatic nitrogens is 3. The molecule has 0 saturated carbocycles. The lowest BCUT2D eigenvalue weighted by molar-refractivity contribution is -0.137. The molecule has 2 N–H and O–H groups in total. The van der Waals surface area contributed by atoms with E-state index in [-0.39, 0.29) is 11.8 Å². The van der Waals surface area contributed by atoms with Crippen LogP contribution in [0, 0.1) is 5.92 Å². The normalized spacial score (nSPS) is 14.3. The number of nitrogens with zero attached hydrogens (tertiary/aromatic N) is 4. The summed E-state index contributed by atoms with van der Waals surface area (Å²) in [7, 11) is 0. The summed E-state index contributed by atoms with van der Waals surface area (Å²) >= 11 is 0. The number of anilines is 1. The van der Waals surface area contributed by atoms with Gasteiger partial charge in [0.15, 0.2) is 0 Å². The molecule has 0 atom stereocenters. The molecular formula is C27H23F3N6O2. The van der Waals surface area contributed by atoms with Crippen LogP contribution in [0.2, 0.25) is 0 Å². The van der Waals surface area contributed by atoms with Crippen molar-refractivity contribution in [2.24, 2.45) is 5.92 Å². The van der Waals surface area contributed by atoms with Crippen LogP contribution in [0.15, 0.2) is 73.2 Å². The van der Waals surface area contributed by atoms with Crippen molar-refractivity contribution in [2.45, 2.75) is 19.0 Å². The Morgan fingerprint density at radius 3 is 2.42 bits per heavy atom. The summed E-state index contributed by atoms with van der Waals surface area (Å²) in [6.07, 6.45) is 0.614. The first-order valence-electron chi connectivity index (χ1n) is 12.0. The standard InChI is InChI=1S/C27H23F3N6O2/c28-27(29,30)19-7-8-24(32-16-19)36-12-9-17(10-13-36)25(37)34-35-26(38)21-14-23(18-4-3-11-31-15-18)33-22-6-2-1-5-20(21)22/h1-8,11,14-17H,9-10,12-13H2,(H,34,37)(H,35,38). The number of nitrogens with one attached hydrogen (secondary N) is 2. The lowest BCUT2D eigenvalue weighted by atomic mass is 9.96. The molecule has 0 radical (unpaired) electrons. The van der Waals surface area contributed by atoms with Crippen LogP contribution < -0.4 is 15.8 Å². The Morgan fingerprint density at radius 2 is 1.74 bits per heavy atom. The molecule has 5 rings (SSSR count). The van der Waals surface area contributed by atoms with Crippen LogP contribution in [0.1, 0.15) is 28.8 Å². The van der Waals surface area contributed by atoms with Gasteiger partial charge in [0.25, 0.3) is 5.91 Å². The van der Waals surface area contributed by atoms with E-state index >= 15 is 0 Å². The number of piperidine rings is 1. The maximum absolute atomic E-state index is 13.1. The van der Waals surface area contributed by atoms with Gasteiger partial charge in [-0.05, 0) is 49.2 Å². The molecule has 4 heterocycles. The number of fused-ring (bicyclic) bond motifs is 1. The predicted octanol–water partition coefficient (Wildman–Crippen LogP) is 4.39. The number of carbonyl (C=O) groups excluding carboxylic acids is 2. The van der Waals surface area contributed by atoms with Crippen molar-refractivity contribution in [3.05, 3.63) is 84.3 Å². The van der Waals surface area contributed by atoms with Crippen LogP contribution in [-0.4, -0.2) is 39.9 Å². The zero-order valence-corrected chi connectivity index (χ0v) is 20.1. The van der Waals surface area contributed by atoms with Gasteiger partial charge in [0, 0.05) is 48.5 Å². The van der Waals surface area contributed by atoms with Gasteiger partial charge in [-0.15, -0.1) is 0 Å². The molecule has 11 heteroatoms. The van der Waals surface area contributed by atoms with Crippen molar-refractivity contribution < 1.29 is 22.8 Å². The molecular weight excluding hydrogens is 497 g/mol. The zero-order valence-electron chi connectivity index (χ0n) is 20.1. The van der Waals surface area contributed by atoms with E-state index in [1.54, 1.807) is 30.6 Å². The number of halogens is 3. The maximum Gasteiger partial charge on any atom is 0.417 e. The molecule has 1 saturated heterocycles. The van der Waals surface area contributed by atoms with Gasteiger partial charge < -0.3 is 4.90 Å². The zero-order chi connectivity index (χ0) is 26.7. The topological polar surface area (TPSA) is 100 Å². The largest absolute Gasteiger partial charge is 0.417 e. The minimum absolute atomic E-state index is 0.329. The van der Waals surface area contributed by atoms with E-state index in [0.29, 0.717) is 53.9 Å². The highest BCUT2D eigenvalue weighted by atomic mass is 19.4. The first-order valence-corrected chi connectivity index (χ1v) is 12.0. The van der Waals surface area contributed by atoms with E-state index in [4.69, 9.17) is 0 Å². The van der Waals surface area contributed by atoms with Crippen molar-refractivity contribution in [1.82, 2.24) is 25.8 Å². The van der Waals surface area contributed by atoms with E-state index < -0.39 is 17.6 Å². The number of hydrogen-bond acceptors (Lipinski definition) is 6. The molecule has 38 heavy (non-hydrogen) atoms. The van der Waals surface area contributed by atoms with Gasteiger partial charge >= 0.3 is 6.18 Å². The Hall–Kier alpha value is -4.54. The first kappa shape index (κ1) is 25.1. The van der Waals surface area contributed by atoms with Crippen molar-refractivity contribution in [2.75, 3.05) is 18.0 Å². The molecule has 0 bridgehead atoms. The van der Waals surface area contributed by atoms with Crippen LogP contribution in [0.25, 0.3) is 22.2 Å². The number of alkyl halides is 3. The van der Waals surface area contributed by atoms with Crippen molar-refractivity contribution >= 4 is 28.5 Å². The summed E-state index contributed by atoms with van der Waals surface area (Å²) in [6, 6.07) is 14.9. The second-order valence-corrected chi connectivity index (χ2v) is 8.92. The number of benzene rings is 1. The summed E-state index contributed by atoms with van der Waals surface area (Å²) in [6.45, 7) is 0.904. The SMILES string of the molecule is O=C(NNC(=O)C1CCN(c2ccc(C(F)(F)F)cn2)CC1)c1cc(-c2cccnc2)nc2ccccc12. The van der Waals surface area contributed by atoms with Crippen LogP contribution in [0.4, 0.5) is 19.0 Å². The molecule has 0 spiro atoms. The molecule has 194 valence electrons. The predicted molar refractivity (Wildman–Crippen MR) is 135 cm³/mol. The first-order chi connectivity index (χ1) is 18.3. The van der Waals surface area contributed by atoms with Crippen LogP contribution in [0.5, 0.6) is 0 Å². The molecule has 8 nitrogen and oxygen atoms in total. The summed E-state index contributed by atoms with van der Waals surface area (Å²) in [5.41, 5.74) is 6.56. The fourth-order valence-corrected chi connectivity index (χ4v) is 4.42. The molecule has 2 amide bonds. The number of carbonyl (C=O) groups is 2. The molecule has 1 fully saturated rings. The van der Waals surface area contributed by atoms with Crippen molar-refractivity contribution in [1.29, 1.82) is 0 Å². The number of para-hydroxylation sites is 1. The summed E-state index contributed by atoms with van der Waals surface area (Å²) in [4.78, 5) is 40.4. The highest BCUT2D eigenvalue weighted by Gasteiger charge is 2.31. The van der Waals surface area contributed by atoms with Gasteiger partial charge in [0.2, 0.25) is 5.91 Å². The summed E-state index contributed by atoms with van der Waals surface area (Å²) < 4.78 is 38.3. The third-order valence-corrected chi connectivity index (χ3v) is 6.48. The van der Waals surface area contributed by atoms with Gasteiger partial charge in [0.1, 0.15) is 5.82 Å². The third kappa shape index (κ3) is 5.41. The fourth-order valence-electron chi connectivity index (χ4n) is 4.42. The van der Waals surface area contributed by atoms with Crippen molar-refractivity contribution in [3.63, 3.8) is 0 Å². The Kier molecular flexibility index (Phi) is 6.91. The van der Waals surface area contributed by atoms with E-state index in [1.807, 2.05) is 29.2 Å². The lowest BCUT2D eigenvalue weighted by Crippen LogP contribution is -2.47. The monoisotopic (exact) mass is 520 g/mol. The second kappa shape index (κ2) is 10.4. The molecule has 1 aliphatic heterocycles. The van der Waals surface area contributed by atoms with E-state index in [9.17, 15) is 22.8 Å². The smallest absolute Gasteiger partial charge is 0.357 e. The Balaban J connectivity index is 1.22. The minimum atomic E-state index is -4.44. The Labute approximate surface area is 215 Å². The molecule has 1 aromatic carbocycles. The molecule has 4 aromatic rings. The Bertz CT molecular complexity index is 1450. The highest BCUT2D eigenvalue weighted by molar-refractivity contribution is 6.07. The maximum atomic E-state index is 13.1. The highest BCUT2D eigenvalue weighted by Crippen LogP contribution is 2.30. The quantitative estimate of drug-likeness (QED) is 0.387. The van der Waals surface area contributed by atoms with Crippen LogP contribution in [-0.2, 0) is 11.0 Å². The van der Waals surface area contributed by atoms with Gasteiger partial charge in [-0.2, -0.15) is 13.2 Å². The number of hydrazine groups is 1. The molecule has 0 aliphatic carbocycles. The van der Waals surface area contributed by atoms with Gasteiger partial charge in [-0.1, -0.05) is 18.2 Å².